The zero-order chi connectivity index (χ0) is 19.1. The Bertz CT molecular complexity index is 798. The van der Waals surface area contributed by atoms with Gasteiger partial charge in [-0.15, -0.1) is 0 Å². The predicted molar refractivity (Wildman–Crippen MR) is 110 cm³/mol. The Kier molecular flexibility index (Phi) is 6.41. The summed E-state index contributed by atoms with van der Waals surface area (Å²) in [6.45, 7) is 0.642. The smallest absolute Gasteiger partial charge is 0.270 e. The first kappa shape index (κ1) is 18.9. The van der Waals surface area contributed by atoms with Gasteiger partial charge in [0.1, 0.15) is 17.8 Å². The molecule has 0 saturated heterocycles. The molecule has 1 aromatic heterocycles. The van der Waals surface area contributed by atoms with Crippen LogP contribution in [0.2, 0.25) is 0 Å². The number of hydrogen-bond acceptors (Lipinski definition) is 5. The van der Waals surface area contributed by atoms with Gasteiger partial charge in [-0.1, -0.05) is 11.6 Å². The molecule has 142 valence electrons. The van der Waals surface area contributed by atoms with E-state index in [2.05, 4.69) is 26.7 Å². The van der Waals surface area contributed by atoms with E-state index in [1.807, 2.05) is 43.3 Å². The molecule has 1 aromatic carbocycles. The highest BCUT2D eigenvalue weighted by atomic mass is 16.1. The Morgan fingerprint density at radius 2 is 1.96 bits per heavy atom. The van der Waals surface area contributed by atoms with Crippen LogP contribution in [0.5, 0.6) is 0 Å². The zero-order valence-electron chi connectivity index (χ0n) is 16.0. The van der Waals surface area contributed by atoms with Crippen LogP contribution in [0.3, 0.4) is 0 Å². The van der Waals surface area contributed by atoms with Crippen LogP contribution in [0, 0.1) is 0 Å². The van der Waals surface area contributed by atoms with Crippen molar-refractivity contribution in [3.63, 3.8) is 0 Å². The second-order valence-corrected chi connectivity index (χ2v) is 6.97. The average molecular weight is 365 g/mol. The molecule has 1 amide bonds. The number of carbonyl (C=O) groups is 1. The van der Waals surface area contributed by atoms with E-state index in [1.54, 1.807) is 6.07 Å². The quantitative estimate of drug-likeness (QED) is 0.728. The van der Waals surface area contributed by atoms with E-state index >= 15 is 0 Å². The maximum Gasteiger partial charge on any atom is 0.270 e. The van der Waals surface area contributed by atoms with Crippen LogP contribution in [-0.2, 0) is 0 Å². The molecular formula is C21H27N5O. The summed E-state index contributed by atoms with van der Waals surface area (Å²) in [5, 5.41) is 6.17. The van der Waals surface area contributed by atoms with Gasteiger partial charge < -0.3 is 15.5 Å². The van der Waals surface area contributed by atoms with Gasteiger partial charge in [-0.2, -0.15) is 0 Å². The summed E-state index contributed by atoms with van der Waals surface area (Å²) in [6, 6.07) is 9.69. The number of aromatic nitrogens is 2. The normalized spacial score (nSPS) is 13.6. The molecule has 6 heteroatoms. The fraction of sp³-hybridized carbons (Fsp3) is 0.381. The first-order valence-corrected chi connectivity index (χ1v) is 9.44. The highest BCUT2D eigenvalue weighted by Gasteiger charge is 2.10. The standard InChI is InChI=1S/C21H27N5O/c1-26(2)18-10-8-17(9-11-18)25-20-14-19(23-15-24-20)21(27)22-13-12-16-6-4-3-5-7-16/h6,8-11,14-15H,3-5,7,12-13H2,1-2H3,(H,22,27)(H,23,24,25). The number of allylic oxidation sites excluding steroid dienone is 1. The first-order chi connectivity index (χ1) is 13.1. The van der Waals surface area contributed by atoms with E-state index in [9.17, 15) is 4.79 Å². The van der Waals surface area contributed by atoms with Gasteiger partial charge in [0, 0.05) is 38.1 Å². The fourth-order valence-corrected chi connectivity index (χ4v) is 3.10. The van der Waals surface area contributed by atoms with Crippen molar-refractivity contribution >= 4 is 23.1 Å². The molecule has 3 rings (SSSR count). The van der Waals surface area contributed by atoms with Crippen LogP contribution < -0.4 is 15.5 Å². The van der Waals surface area contributed by atoms with Crippen molar-refractivity contribution in [2.75, 3.05) is 30.9 Å². The minimum Gasteiger partial charge on any atom is -0.378 e. The van der Waals surface area contributed by atoms with Crippen LogP contribution in [0.15, 0.2) is 48.3 Å². The summed E-state index contributed by atoms with van der Waals surface area (Å²) in [6.07, 6.45) is 9.50. The van der Waals surface area contributed by atoms with E-state index in [-0.39, 0.29) is 5.91 Å². The monoisotopic (exact) mass is 365 g/mol. The lowest BCUT2D eigenvalue weighted by molar-refractivity contribution is 0.0949. The minimum absolute atomic E-state index is 0.167. The molecule has 0 fully saturated rings. The van der Waals surface area contributed by atoms with E-state index < -0.39 is 0 Å². The predicted octanol–water partition coefficient (Wildman–Crippen LogP) is 3.91. The molecule has 0 radical (unpaired) electrons. The van der Waals surface area contributed by atoms with E-state index in [1.165, 1.54) is 31.2 Å². The van der Waals surface area contributed by atoms with Crippen molar-refractivity contribution in [1.29, 1.82) is 0 Å². The number of benzene rings is 1. The summed E-state index contributed by atoms with van der Waals surface area (Å²) in [5.74, 6) is 0.433. The van der Waals surface area contributed by atoms with E-state index in [0.29, 0.717) is 18.1 Å². The summed E-state index contributed by atoms with van der Waals surface area (Å²) >= 11 is 0. The second-order valence-electron chi connectivity index (χ2n) is 6.97. The topological polar surface area (TPSA) is 70.2 Å². The number of anilines is 3. The van der Waals surface area contributed by atoms with Crippen LogP contribution in [0.25, 0.3) is 0 Å². The third-order valence-corrected chi connectivity index (χ3v) is 4.67. The first-order valence-electron chi connectivity index (χ1n) is 9.44. The molecule has 0 bridgehead atoms. The van der Waals surface area contributed by atoms with Crippen LogP contribution in [0.4, 0.5) is 17.2 Å². The molecule has 1 aliphatic carbocycles. The van der Waals surface area contributed by atoms with E-state index in [4.69, 9.17) is 0 Å². The Morgan fingerprint density at radius 1 is 1.15 bits per heavy atom. The van der Waals surface area contributed by atoms with Crippen molar-refractivity contribution in [1.82, 2.24) is 15.3 Å². The van der Waals surface area contributed by atoms with Gasteiger partial charge >= 0.3 is 0 Å². The van der Waals surface area contributed by atoms with Gasteiger partial charge in [0.2, 0.25) is 0 Å². The third-order valence-electron chi connectivity index (χ3n) is 4.67. The maximum absolute atomic E-state index is 12.4. The molecule has 2 N–H and O–H groups in total. The van der Waals surface area contributed by atoms with Gasteiger partial charge in [-0.05, 0) is 56.4 Å². The number of amides is 1. The van der Waals surface area contributed by atoms with Gasteiger partial charge in [0.25, 0.3) is 5.91 Å². The van der Waals surface area contributed by atoms with Crippen molar-refractivity contribution in [2.45, 2.75) is 32.1 Å². The van der Waals surface area contributed by atoms with Gasteiger partial charge in [-0.3, -0.25) is 4.79 Å². The van der Waals surface area contributed by atoms with Crippen LogP contribution >= 0.6 is 0 Å². The summed E-state index contributed by atoms with van der Waals surface area (Å²) in [5.41, 5.74) is 3.86. The molecule has 27 heavy (non-hydrogen) atoms. The highest BCUT2D eigenvalue weighted by molar-refractivity contribution is 5.92. The lowest BCUT2D eigenvalue weighted by Crippen LogP contribution is -2.26. The molecule has 0 spiro atoms. The van der Waals surface area contributed by atoms with Gasteiger partial charge in [-0.25, -0.2) is 9.97 Å². The third kappa shape index (κ3) is 5.54. The molecular weight excluding hydrogens is 338 g/mol. The Hall–Kier alpha value is -2.89. The molecule has 1 aliphatic rings. The van der Waals surface area contributed by atoms with Crippen LogP contribution in [0.1, 0.15) is 42.6 Å². The maximum atomic E-state index is 12.4. The molecule has 0 saturated carbocycles. The second kappa shape index (κ2) is 9.16. The lowest BCUT2D eigenvalue weighted by atomic mass is 9.97. The molecule has 6 nitrogen and oxygen atoms in total. The number of nitrogens with zero attached hydrogens (tertiary/aromatic N) is 3. The van der Waals surface area contributed by atoms with Crippen LogP contribution in [-0.4, -0.2) is 36.5 Å². The van der Waals surface area contributed by atoms with Crippen molar-refractivity contribution in [3.8, 4) is 0 Å². The number of nitrogens with one attached hydrogen (secondary N) is 2. The molecule has 0 atom stereocenters. The SMILES string of the molecule is CN(C)c1ccc(Nc2cc(C(=O)NCCC3=CCCCC3)ncn2)cc1. The molecule has 0 aliphatic heterocycles. The number of carbonyl (C=O) groups excluding carboxylic acids is 1. The van der Waals surface area contributed by atoms with Crippen molar-refractivity contribution < 1.29 is 4.79 Å². The average Bonchev–Trinajstić information content (AvgIpc) is 2.69. The lowest BCUT2D eigenvalue weighted by Gasteiger charge is -2.13. The molecule has 2 aromatic rings. The Balaban J connectivity index is 1.55. The zero-order valence-corrected chi connectivity index (χ0v) is 16.0. The molecule has 0 unspecified atom stereocenters. The highest BCUT2D eigenvalue weighted by Crippen LogP contribution is 2.20. The largest absolute Gasteiger partial charge is 0.378 e. The summed E-state index contributed by atoms with van der Waals surface area (Å²) in [4.78, 5) is 22.7. The van der Waals surface area contributed by atoms with Gasteiger partial charge in [0.15, 0.2) is 0 Å². The fourth-order valence-electron chi connectivity index (χ4n) is 3.10. The Morgan fingerprint density at radius 3 is 2.67 bits per heavy atom. The molecule has 1 heterocycles. The number of rotatable bonds is 7. The summed E-state index contributed by atoms with van der Waals surface area (Å²) < 4.78 is 0. The van der Waals surface area contributed by atoms with Gasteiger partial charge in [0.05, 0.1) is 0 Å². The van der Waals surface area contributed by atoms with Crippen molar-refractivity contribution in [3.05, 3.63) is 54.0 Å². The van der Waals surface area contributed by atoms with E-state index in [0.717, 1.165) is 24.2 Å². The summed E-state index contributed by atoms with van der Waals surface area (Å²) in [7, 11) is 4.01. The van der Waals surface area contributed by atoms with Crippen molar-refractivity contribution in [2.24, 2.45) is 0 Å². The Labute approximate surface area is 160 Å². The minimum atomic E-state index is -0.167. The number of hydrogen-bond donors (Lipinski definition) is 2.